The molecule has 0 aliphatic carbocycles. The van der Waals surface area contributed by atoms with Crippen molar-refractivity contribution in [1.29, 1.82) is 0 Å². The number of aromatic nitrogens is 2. The summed E-state index contributed by atoms with van der Waals surface area (Å²) in [5, 5.41) is 3.08. The van der Waals surface area contributed by atoms with Crippen LogP contribution in [0.2, 0.25) is 0 Å². The first-order valence-corrected chi connectivity index (χ1v) is 8.62. The van der Waals surface area contributed by atoms with Crippen LogP contribution in [0.5, 0.6) is 0 Å². The zero-order valence-electron chi connectivity index (χ0n) is 13.9. The third kappa shape index (κ3) is 3.31. The SMILES string of the molecule is O=C(NCC1CCCN1c1ccccc1)c1ccc2nccnc2c1. The van der Waals surface area contributed by atoms with E-state index in [9.17, 15) is 4.79 Å². The molecule has 5 nitrogen and oxygen atoms in total. The van der Waals surface area contributed by atoms with E-state index in [1.807, 2.05) is 12.1 Å². The number of carbonyl (C=O) groups excluding carboxylic acids is 1. The second kappa shape index (κ2) is 6.89. The predicted molar refractivity (Wildman–Crippen MR) is 98.7 cm³/mol. The fourth-order valence-electron chi connectivity index (χ4n) is 3.42. The van der Waals surface area contributed by atoms with E-state index in [-0.39, 0.29) is 5.91 Å². The van der Waals surface area contributed by atoms with Gasteiger partial charge in [-0.15, -0.1) is 0 Å². The number of fused-ring (bicyclic) bond motifs is 1. The average molecular weight is 332 g/mol. The first-order valence-electron chi connectivity index (χ1n) is 8.62. The summed E-state index contributed by atoms with van der Waals surface area (Å²) in [5.41, 5.74) is 3.38. The highest BCUT2D eigenvalue weighted by atomic mass is 16.1. The fraction of sp³-hybridized carbons (Fsp3) is 0.250. The van der Waals surface area contributed by atoms with Gasteiger partial charge in [-0.05, 0) is 43.2 Å². The molecule has 126 valence electrons. The number of carbonyl (C=O) groups is 1. The van der Waals surface area contributed by atoms with Crippen molar-refractivity contribution < 1.29 is 4.79 Å². The molecule has 25 heavy (non-hydrogen) atoms. The zero-order chi connectivity index (χ0) is 17.1. The maximum Gasteiger partial charge on any atom is 0.251 e. The molecule has 0 saturated carbocycles. The van der Waals surface area contributed by atoms with Crippen LogP contribution in [-0.4, -0.2) is 35.0 Å². The summed E-state index contributed by atoms with van der Waals surface area (Å²) in [7, 11) is 0. The molecule has 5 heteroatoms. The molecule has 2 aromatic carbocycles. The Balaban J connectivity index is 1.44. The molecule has 1 unspecified atom stereocenters. The molecule has 1 N–H and O–H groups in total. The van der Waals surface area contributed by atoms with Gasteiger partial charge in [0.15, 0.2) is 0 Å². The topological polar surface area (TPSA) is 58.1 Å². The molecule has 1 atom stereocenters. The molecule has 1 saturated heterocycles. The third-order valence-electron chi connectivity index (χ3n) is 4.69. The van der Waals surface area contributed by atoms with Crippen LogP contribution in [0.3, 0.4) is 0 Å². The predicted octanol–water partition coefficient (Wildman–Crippen LogP) is 3.03. The normalized spacial score (nSPS) is 17.0. The molecule has 1 aliphatic rings. The van der Waals surface area contributed by atoms with Gasteiger partial charge in [-0.25, -0.2) is 0 Å². The van der Waals surface area contributed by atoms with Crippen molar-refractivity contribution in [3.63, 3.8) is 0 Å². The van der Waals surface area contributed by atoms with Crippen molar-refractivity contribution in [3.8, 4) is 0 Å². The van der Waals surface area contributed by atoms with Gasteiger partial charge in [0.05, 0.1) is 11.0 Å². The lowest BCUT2D eigenvalue weighted by atomic mass is 10.1. The largest absolute Gasteiger partial charge is 0.367 e. The van der Waals surface area contributed by atoms with E-state index in [0.29, 0.717) is 18.2 Å². The highest BCUT2D eigenvalue weighted by Gasteiger charge is 2.25. The zero-order valence-corrected chi connectivity index (χ0v) is 13.9. The Morgan fingerprint density at radius 1 is 1.08 bits per heavy atom. The molecule has 0 bridgehead atoms. The Bertz CT molecular complexity index is 881. The quantitative estimate of drug-likeness (QED) is 0.798. The average Bonchev–Trinajstić information content (AvgIpc) is 3.15. The molecule has 3 aromatic rings. The highest BCUT2D eigenvalue weighted by molar-refractivity contribution is 5.97. The van der Waals surface area contributed by atoms with Gasteiger partial charge in [0.1, 0.15) is 0 Å². The summed E-state index contributed by atoms with van der Waals surface area (Å²) in [6, 6.07) is 16.2. The fourth-order valence-corrected chi connectivity index (χ4v) is 3.42. The first-order chi connectivity index (χ1) is 12.3. The van der Waals surface area contributed by atoms with Crippen molar-refractivity contribution in [2.24, 2.45) is 0 Å². The van der Waals surface area contributed by atoms with E-state index in [0.717, 1.165) is 30.4 Å². The lowest BCUT2D eigenvalue weighted by Gasteiger charge is -2.27. The number of benzene rings is 2. The Labute approximate surface area is 146 Å². The standard InChI is InChI=1S/C20H20N4O/c25-20(15-8-9-18-19(13-15)22-11-10-21-18)23-14-17-7-4-12-24(17)16-5-2-1-3-6-16/h1-3,5-6,8-11,13,17H,4,7,12,14H2,(H,23,25). The smallest absolute Gasteiger partial charge is 0.251 e. The Morgan fingerprint density at radius 3 is 2.72 bits per heavy atom. The summed E-state index contributed by atoms with van der Waals surface area (Å²) in [5.74, 6) is -0.0625. The van der Waals surface area contributed by atoms with Gasteiger partial charge in [0, 0.05) is 42.8 Å². The van der Waals surface area contributed by atoms with Crippen LogP contribution in [0.15, 0.2) is 60.9 Å². The number of hydrogen-bond acceptors (Lipinski definition) is 4. The van der Waals surface area contributed by atoms with E-state index in [4.69, 9.17) is 0 Å². The highest BCUT2D eigenvalue weighted by Crippen LogP contribution is 2.24. The molecular formula is C20H20N4O. The first kappa shape index (κ1) is 15.6. The summed E-state index contributed by atoms with van der Waals surface area (Å²) in [6.45, 7) is 1.68. The molecular weight excluding hydrogens is 312 g/mol. The van der Waals surface area contributed by atoms with E-state index >= 15 is 0 Å². The van der Waals surface area contributed by atoms with Gasteiger partial charge in [-0.1, -0.05) is 18.2 Å². The summed E-state index contributed by atoms with van der Waals surface area (Å²) < 4.78 is 0. The van der Waals surface area contributed by atoms with Gasteiger partial charge in [0.2, 0.25) is 0 Å². The van der Waals surface area contributed by atoms with Crippen molar-refractivity contribution in [2.75, 3.05) is 18.0 Å². The lowest BCUT2D eigenvalue weighted by molar-refractivity contribution is 0.0951. The van der Waals surface area contributed by atoms with E-state index in [1.54, 1.807) is 24.5 Å². The summed E-state index contributed by atoms with van der Waals surface area (Å²) in [6.07, 6.45) is 5.54. The summed E-state index contributed by atoms with van der Waals surface area (Å²) in [4.78, 5) is 23.4. The van der Waals surface area contributed by atoms with Crippen LogP contribution < -0.4 is 10.2 Å². The monoisotopic (exact) mass is 332 g/mol. The van der Waals surface area contributed by atoms with Crippen molar-refractivity contribution in [3.05, 3.63) is 66.5 Å². The molecule has 2 heterocycles. The molecule has 1 aromatic heterocycles. The number of hydrogen-bond donors (Lipinski definition) is 1. The van der Waals surface area contributed by atoms with Crippen LogP contribution in [0.1, 0.15) is 23.2 Å². The van der Waals surface area contributed by atoms with E-state index in [2.05, 4.69) is 44.5 Å². The van der Waals surface area contributed by atoms with Gasteiger partial charge in [-0.2, -0.15) is 0 Å². The van der Waals surface area contributed by atoms with E-state index < -0.39 is 0 Å². The summed E-state index contributed by atoms with van der Waals surface area (Å²) >= 11 is 0. The minimum absolute atomic E-state index is 0.0625. The van der Waals surface area contributed by atoms with Gasteiger partial charge in [-0.3, -0.25) is 14.8 Å². The number of amides is 1. The van der Waals surface area contributed by atoms with Crippen LogP contribution in [0, 0.1) is 0 Å². The molecule has 1 amide bonds. The Morgan fingerprint density at radius 2 is 1.88 bits per heavy atom. The number of nitrogens with one attached hydrogen (secondary N) is 1. The minimum atomic E-state index is -0.0625. The van der Waals surface area contributed by atoms with Gasteiger partial charge in [0.25, 0.3) is 5.91 Å². The molecule has 1 fully saturated rings. The number of nitrogens with zero attached hydrogens (tertiary/aromatic N) is 3. The minimum Gasteiger partial charge on any atom is -0.367 e. The van der Waals surface area contributed by atoms with Crippen molar-refractivity contribution in [2.45, 2.75) is 18.9 Å². The van der Waals surface area contributed by atoms with Gasteiger partial charge < -0.3 is 10.2 Å². The number of para-hydroxylation sites is 1. The third-order valence-corrected chi connectivity index (χ3v) is 4.69. The molecule has 0 spiro atoms. The Kier molecular flexibility index (Phi) is 4.29. The second-order valence-electron chi connectivity index (χ2n) is 6.29. The van der Waals surface area contributed by atoms with Crippen LogP contribution in [-0.2, 0) is 0 Å². The maximum atomic E-state index is 12.5. The molecule has 1 aliphatic heterocycles. The second-order valence-corrected chi connectivity index (χ2v) is 6.29. The lowest BCUT2D eigenvalue weighted by Crippen LogP contribution is -2.40. The maximum absolute atomic E-state index is 12.5. The van der Waals surface area contributed by atoms with Crippen LogP contribution in [0.25, 0.3) is 11.0 Å². The van der Waals surface area contributed by atoms with Gasteiger partial charge >= 0.3 is 0 Å². The molecule has 0 radical (unpaired) electrons. The van der Waals surface area contributed by atoms with Crippen LogP contribution in [0.4, 0.5) is 5.69 Å². The van der Waals surface area contributed by atoms with E-state index in [1.165, 1.54) is 5.69 Å². The van der Waals surface area contributed by atoms with Crippen LogP contribution >= 0.6 is 0 Å². The Hall–Kier alpha value is -2.95. The number of rotatable bonds is 4. The molecule has 4 rings (SSSR count). The number of anilines is 1. The van der Waals surface area contributed by atoms with Crippen molar-refractivity contribution in [1.82, 2.24) is 15.3 Å². The van der Waals surface area contributed by atoms with Crippen molar-refractivity contribution >= 4 is 22.6 Å².